The molecule has 1 N–H and O–H groups in total. The summed E-state index contributed by atoms with van der Waals surface area (Å²) < 4.78 is 101. The number of nitrogens with one attached hydrogen (secondary N) is 1. The van der Waals surface area contributed by atoms with Crippen molar-refractivity contribution in [3.8, 4) is 11.5 Å². The van der Waals surface area contributed by atoms with Gasteiger partial charge in [-0.3, -0.25) is 4.79 Å². The van der Waals surface area contributed by atoms with Gasteiger partial charge in [0.2, 0.25) is 5.82 Å². The van der Waals surface area contributed by atoms with Gasteiger partial charge in [-0.25, -0.2) is 9.78 Å². The normalized spacial score (nSPS) is 23.6. The van der Waals surface area contributed by atoms with Gasteiger partial charge >= 0.3 is 18.8 Å². The van der Waals surface area contributed by atoms with Crippen molar-refractivity contribution in [1.29, 1.82) is 0 Å². The summed E-state index contributed by atoms with van der Waals surface area (Å²) in [5, 5.41) is 2.36. The SMILES string of the molecule is COC(=O)c1ccc(NC(=O)[C@@H]2O[C@@](C)(C(F)(F)F)[C@@H](C)[C@H]2c2ccc(OC(F)F)c(F)c2OC)cn1. The topological polar surface area (TPSA) is 96.0 Å². The molecule has 1 aromatic carbocycles. The van der Waals surface area contributed by atoms with Crippen LogP contribution in [0.15, 0.2) is 30.5 Å². The number of anilines is 1. The second-order valence-corrected chi connectivity index (χ2v) is 8.25. The standard InChI is InChI=1S/C23H22F6N2O6/c1-10-15(12-6-8-14(36-21(25)26)16(24)17(12)34-3)18(37-22(10,2)23(27,28)29)19(32)31-11-5-7-13(30-9-11)20(33)35-4/h5-10,15,18,21H,1-4H3,(H,31,32)/t10-,15-,18+,22+/m0/s1. The van der Waals surface area contributed by atoms with Crippen LogP contribution < -0.4 is 14.8 Å². The quantitative estimate of drug-likeness (QED) is 0.405. The second kappa shape index (κ2) is 10.4. The zero-order chi connectivity index (χ0) is 27.7. The van der Waals surface area contributed by atoms with E-state index in [1.807, 2.05) is 0 Å². The molecule has 8 nitrogen and oxygen atoms in total. The molecule has 3 rings (SSSR count). The molecule has 0 bridgehead atoms. The van der Waals surface area contributed by atoms with Crippen molar-refractivity contribution in [2.75, 3.05) is 19.5 Å². The number of carbonyl (C=O) groups is 2. The van der Waals surface area contributed by atoms with Crippen molar-refractivity contribution in [2.45, 2.75) is 44.3 Å². The molecule has 0 radical (unpaired) electrons. The lowest BCUT2D eigenvalue weighted by atomic mass is 9.77. The van der Waals surface area contributed by atoms with E-state index < -0.39 is 65.5 Å². The van der Waals surface area contributed by atoms with E-state index in [-0.39, 0.29) is 16.9 Å². The van der Waals surface area contributed by atoms with Crippen LogP contribution in [-0.4, -0.2) is 55.6 Å². The van der Waals surface area contributed by atoms with Crippen molar-refractivity contribution in [2.24, 2.45) is 5.92 Å². The molecule has 202 valence electrons. The number of methoxy groups -OCH3 is 2. The minimum Gasteiger partial charge on any atom is -0.493 e. The highest BCUT2D eigenvalue weighted by molar-refractivity contribution is 5.95. The van der Waals surface area contributed by atoms with Crippen molar-refractivity contribution < 1.29 is 54.9 Å². The molecule has 0 spiro atoms. The third kappa shape index (κ3) is 5.29. The first kappa shape index (κ1) is 28.0. The van der Waals surface area contributed by atoms with Gasteiger partial charge in [-0.2, -0.15) is 26.3 Å². The predicted octanol–water partition coefficient (Wildman–Crippen LogP) is 4.70. The number of ether oxygens (including phenoxy) is 4. The van der Waals surface area contributed by atoms with Crippen molar-refractivity contribution in [1.82, 2.24) is 4.98 Å². The number of alkyl halides is 5. The zero-order valence-corrected chi connectivity index (χ0v) is 19.9. The molecule has 0 saturated carbocycles. The lowest BCUT2D eigenvalue weighted by molar-refractivity contribution is -0.272. The number of benzene rings is 1. The molecule has 1 aliphatic rings. The highest BCUT2D eigenvalue weighted by Crippen LogP contribution is 2.55. The molecule has 1 amide bonds. The minimum atomic E-state index is -4.94. The van der Waals surface area contributed by atoms with Gasteiger partial charge < -0.3 is 24.3 Å². The van der Waals surface area contributed by atoms with E-state index >= 15 is 0 Å². The summed E-state index contributed by atoms with van der Waals surface area (Å²) in [5.74, 6) is -7.62. The average molecular weight is 536 g/mol. The van der Waals surface area contributed by atoms with Crippen molar-refractivity contribution in [3.05, 3.63) is 47.5 Å². The maximum Gasteiger partial charge on any atom is 0.417 e. The molecule has 4 atom stereocenters. The van der Waals surface area contributed by atoms with E-state index in [2.05, 4.69) is 19.8 Å². The Labute approximate surface area is 206 Å². The Morgan fingerprint density at radius 2 is 1.84 bits per heavy atom. The number of rotatable bonds is 7. The molecular formula is C23H22F6N2O6. The maximum atomic E-state index is 14.9. The fourth-order valence-electron chi connectivity index (χ4n) is 4.14. The average Bonchev–Trinajstić information content (AvgIpc) is 3.11. The van der Waals surface area contributed by atoms with E-state index in [0.29, 0.717) is 0 Å². The van der Waals surface area contributed by atoms with E-state index in [1.165, 1.54) is 19.1 Å². The minimum absolute atomic E-state index is 0.0205. The highest BCUT2D eigenvalue weighted by atomic mass is 19.4. The largest absolute Gasteiger partial charge is 0.493 e. The van der Waals surface area contributed by atoms with Crippen molar-refractivity contribution >= 4 is 17.6 Å². The van der Waals surface area contributed by atoms with Gasteiger partial charge in [-0.15, -0.1) is 0 Å². The molecule has 1 saturated heterocycles. The summed E-state index contributed by atoms with van der Waals surface area (Å²) in [4.78, 5) is 28.5. The van der Waals surface area contributed by atoms with Crippen LogP contribution in [0.25, 0.3) is 0 Å². The number of hydrogen-bond acceptors (Lipinski definition) is 7. The van der Waals surface area contributed by atoms with E-state index in [4.69, 9.17) is 9.47 Å². The van der Waals surface area contributed by atoms with Gasteiger partial charge in [0, 0.05) is 17.4 Å². The first-order chi connectivity index (χ1) is 17.2. The van der Waals surface area contributed by atoms with Crippen LogP contribution in [0.4, 0.5) is 32.0 Å². The molecular weight excluding hydrogens is 514 g/mol. The lowest BCUT2D eigenvalue weighted by Gasteiger charge is -2.32. The Morgan fingerprint density at radius 1 is 1.16 bits per heavy atom. The van der Waals surface area contributed by atoms with Gasteiger partial charge in [0.1, 0.15) is 11.8 Å². The number of esters is 1. The zero-order valence-electron chi connectivity index (χ0n) is 19.9. The smallest absolute Gasteiger partial charge is 0.417 e. The Balaban J connectivity index is 2.03. The number of hydrogen-bond donors (Lipinski definition) is 1. The van der Waals surface area contributed by atoms with E-state index in [9.17, 15) is 35.9 Å². The first-order valence-electron chi connectivity index (χ1n) is 10.7. The number of pyridine rings is 1. The third-order valence-corrected chi connectivity index (χ3v) is 6.22. The molecule has 1 aromatic heterocycles. The molecule has 0 unspecified atom stereocenters. The van der Waals surface area contributed by atoms with Gasteiger partial charge in [-0.1, -0.05) is 13.0 Å². The monoisotopic (exact) mass is 536 g/mol. The molecule has 1 aliphatic heterocycles. The number of halogens is 6. The summed E-state index contributed by atoms with van der Waals surface area (Å²) in [6.45, 7) is -1.45. The molecule has 2 heterocycles. The van der Waals surface area contributed by atoms with Crippen molar-refractivity contribution in [3.63, 3.8) is 0 Å². The van der Waals surface area contributed by atoms with Crippen LogP contribution in [0.2, 0.25) is 0 Å². The number of nitrogens with zero attached hydrogens (tertiary/aromatic N) is 1. The Bertz CT molecular complexity index is 1160. The van der Waals surface area contributed by atoms with E-state index in [1.54, 1.807) is 0 Å². The Hall–Kier alpha value is -3.55. The van der Waals surface area contributed by atoms with Crippen LogP contribution in [0.3, 0.4) is 0 Å². The molecule has 0 aliphatic carbocycles. The lowest BCUT2D eigenvalue weighted by Crippen LogP contribution is -2.47. The van der Waals surface area contributed by atoms with Gasteiger partial charge in [0.05, 0.1) is 26.1 Å². The number of amides is 1. The molecule has 2 aromatic rings. The van der Waals surface area contributed by atoms with Gasteiger partial charge in [-0.05, 0) is 25.1 Å². The van der Waals surface area contributed by atoms with Crippen LogP contribution in [-0.2, 0) is 14.3 Å². The highest BCUT2D eigenvalue weighted by Gasteiger charge is 2.66. The fraction of sp³-hybridized carbons (Fsp3) is 0.435. The maximum absolute atomic E-state index is 14.9. The fourth-order valence-corrected chi connectivity index (χ4v) is 4.14. The predicted molar refractivity (Wildman–Crippen MR) is 115 cm³/mol. The molecule has 1 fully saturated rings. The first-order valence-corrected chi connectivity index (χ1v) is 10.7. The molecule has 14 heteroatoms. The van der Waals surface area contributed by atoms with Crippen LogP contribution in [0.1, 0.15) is 35.8 Å². The van der Waals surface area contributed by atoms with E-state index in [0.717, 1.165) is 39.5 Å². The Kier molecular flexibility index (Phi) is 7.91. The molecule has 37 heavy (non-hydrogen) atoms. The summed E-state index contributed by atoms with van der Waals surface area (Å²) >= 11 is 0. The van der Waals surface area contributed by atoms with Crippen LogP contribution >= 0.6 is 0 Å². The summed E-state index contributed by atoms with van der Waals surface area (Å²) in [7, 11) is 2.13. The van der Waals surface area contributed by atoms with Gasteiger partial charge in [0.15, 0.2) is 17.1 Å². The summed E-state index contributed by atoms with van der Waals surface area (Å²) in [5.41, 5.74) is -3.12. The third-order valence-electron chi connectivity index (χ3n) is 6.22. The second-order valence-electron chi connectivity index (χ2n) is 8.25. The van der Waals surface area contributed by atoms with Crippen LogP contribution in [0.5, 0.6) is 11.5 Å². The number of carbonyl (C=O) groups excluding carboxylic acids is 2. The Morgan fingerprint density at radius 3 is 2.35 bits per heavy atom. The van der Waals surface area contributed by atoms with Gasteiger partial charge in [0.25, 0.3) is 5.91 Å². The van der Waals surface area contributed by atoms with Crippen LogP contribution in [0, 0.1) is 11.7 Å². The summed E-state index contributed by atoms with van der Waals surface area (Å²) in [6, 6.07) is 4.33. The summed E-state index contributed by atoms with van der Waals surface area (Å²) in [6.07, 6.45) is -5.68. The number of aromatic nitrogens is 1.